The lowest BCUT2D eigenvalue weighted by Crippen LogP contribution is -1.95. The van der Waals surface area contributed by atoms with Crippen LogP contribution >= 0.6 is 0 Å². The van der Waals surface area contributed by atoms with Crippen molar-refractivity contribution in [1.29, 1.82) is 0 Å². The van der Waals surface area contributed by atoms with Crippen LogP contribution in [0.5, 0.6) is 11.5 Å². The number of hydrogen-bond acceptors (Lipinski definition) is 4. The zero-order valence-corrected chi connectivity index (χ0v) is 20.9. The van der Waals surface area contributed by atoms with Crippen molar-refractivity contribution < 1.29 is 10.2 Å². The number of aromatic hydroxyl groups is 2. The van der Waals surface area contributed by atoms with Crippen LogP contribution in [0.15, 0.2) is 126 Å². The summed E-state index contributed by atoms with van der Waals surface area (Å²) in [6.45, 7) is 0. The number of fused-ring (bicyclic) bond motifs is 4. The Bertz CT molecular complexity index is 2040. The standard InChI is InChI=1S/C34H23N3O2/c38-31-18-7-10-22-9-6-16-29(32(22)31)35-21-23-11-8-15-28(36-23)27-20-19-26-25-14-4-5-17-30(25)37(33(26)34(27)39)24-12-2-1-3-13-24/h1-21,38-39H. The molecule has 0 unspecified atom stereocenters. The lowest BCUT2D eigenvalue weighted by atomic mass is 10.1. The Morgan fingerprint density at radius 1 is 0.667 bits per heavy atom. The first kappa shape index (κ1) is 22.8. The van der Waals surface area contributed by atoms with E-state index in [2.05, 4.69) is 21.7 Å². The number of aliphatic imine (C=N–C) groups is 1. The third-order valence-corrected chi connectivity index (χ3v) is 7.07. The van der Waals surface area contributed by atoms with Gasteiger partial charge in [0.15, 0.2) is 0 Å². The fourth-order valence-corrected chi connectivity index (χ4v) is 5.31. The van der Waals surface area contributed by atoms with Crippen molar-refractivity contribution in [3.8, 4) is 28.4 Å². The van der Waals surface area contributed by atoms with Crippen LogP contribution in [-0.4, -0.2) is 26.0 Å². The first-order valence-corrected chi connectivity index (χ1v) is 12.7. The molecule has 0 radical (unpaired) electrons. The molecule has 2 heterocycles. The number of rotatable bonds is 4. The fourth-order valence-electron chi connectivity index (χ4n) is 5.31. The number of benzene rings is 5. The summed E-state index contributed by atoms with van der Waals surface area (Å²) >= 11 is 0. The predicted molar refractivity (Wildman–Crippen MR) is 159 cm³/mol. The second-order valence-corrected chi connectivity index (χ2v) is 9.40. The van der Waals surface area contributed by atoms with E-state index in [9.17, 15) is 10.2 Å². The maximum Gasteiger partial charge on any atom is 0.149 e. The number of phenolic OH excluding ortho intramolecular Hbond substituents is 2. The average molecular weight is 506 g/mol. The molecule has 0 atom stereocenters. The molecule has 0 fully saturated rings. The van der Waals surface area contributed by atoms with Crippen molar-refractivity contribution in [2.45, 2.75) is 0 Å². The first-order valence-electron chi connectivity index (χ1n) is 12.7. The van der Waals surface area contributed by atoms with Gasteiger partial charge in [0, 0.05) is 27.4 Å². The Morgan fingerprint density at radius 3 is 2.31 bits per heavy atom. The molecule has 0 aliphatic heterocycles. The molecule has 2 N–H and O–H groups in total. The van der Waals surface area contributed by atoms with Gasteiger partial charge in [0.05, 0.1) is 34.3 Å². The summed E-state index contributed by atoms with van der Waals surface area (Å²) in [5, 5.41) is 25.7. The molecular weight excluding hydrogens is 482 g/mol. The second-order valence-electron chi connectivity index (χ2n) is 9.40. The first-order chi connectivity index (χ1) is 19.2. The van der Waals surface area contributed by atoms with Gasteiger partial charge in [-0.15, -0.1) is 0 Å². The van der Waals surface area contributed by atoms with E-state index in [4.69, 9.17) is 4.98 Å². The Labute approximate surface area is 224 Å². The van der Waals surface area contributed by atoms with Crippen LogP contribution in [0.1, 0.15) is 5.69 Å². The van der Waals surface area contributed by atoms with Gasteiger partial charge < -0.3 is 14.8 Å². The SMILES string of the molecule is Oc1cccc2cccc(N=Cc3cccc(-c4ccc5c6ccccc6n(-c6ccccc6)c5c4O)n3)c12. The zero-order chi connectivity index (χ0) is 26.3. The Hall–Kier alpha value is -5.42. The van der Waals surface area contributed by atoms with E-state index in [1.165, 1.54) is 0 Å². The van der Waals surface area contributed by atoms with Crippen LogP contribution in [-0.2, 0) is 0 Å². The molecule has 7 aromatic rings. The molecule has 0 aliphatic rings. The highest BCUT2D eigenvalue weighted by molar-refractivity contribution is 6.12. The molecule has 0 saturated heterocycles. The van der Waals surface area contributed by atoms with Crippen LogP contribution in [0.2, 0.25) is 0 Å². The van der Waals surface area contributed by atoms with E-state index in [1.54, 1.807) is 12.3 Å². The quantitative estimate of drug-likeness (QED) is 0.237. The molecule has 0 bridgehead atoms. The van der Waals surface area contributed by atoms with Crippen LogP contribution in [0.3, 0.4) is 0 Å². The highest BCUT2D eigenvalue weighted by Crippen LogP contribution is 2.41. The summed E-state index contributed by atoms with van der Waals surface area (Å²) in [6, 6.07) is 39.0. The van der Waals surface area contributed by atoms with Crippen molar-refractivity contribution in [1.82, 2.24) is 9.55 Å². The lowest BCUT2D eigenvalue weighted by Gasteiger charge is -2.11. The van der Waals surface area contributed by atoms with Crippen molar-refractivity contribution in [3.05, 3.63) is 127 Å². The number of para-hydroxylation sites is 2. The van der Waals surface area contributed by atoms with Gasteiger partial charge in [-0.3, -0.25) is 4.99 Å². The van der Waals surface area contributed by atoms with E-state index in [1.807, 2.05) is 103 Å². The monoisotopic (exact) mass is 505 g/mol. The molecule has 7 rings (SSSR count). The molecule has 0 spiro atoms. The predicted octanol–water partition coefficient (Wildman–Crippen LogP) is 8.16. The average Bonchev–Trinajstić information content (AvgIpc) is 3.32. The summed E-state index contributed by atoms with van der Waals surface area (Å²) in [5.74, 6) is 0.363. The highest BCUT2D eigenvalue weighted by atomic mass is 16.3. The maximum atomic E-state index is 11.7. The van der Waals surface area contributed by atoms with Crippen molar-refractivity contribution in [2.24, 2.45) is 4.99 Å². The van der Waals surface area contributed by atoms with E-state index in [0.29, 0.717) is 28.0 Å². The lowest BCUT2D eigenvalue weighted by molar-refractivity contribution is 0.481. The zero-order valence-electron chi connectivity index (χ0n) is 20.9. The Kier molecular flexibility index (Phi) is 5.34. The minimum atomic E-state index is 0.174. The summed E-state index contributed by atoms with van der Waals surface area (Å²) in [6.07, 6.45) is 1.68. The maximum absolute atomic E-state index is 11.7. The Morgan fingerprint density at radius 2 is 1.44 bits per heavy atom. The molecule has 5 nitrogen and oxygen atoms in total. The third kappa shape index (κ3) is 3.80. The topological polar surface area (TPSA) is 70.6 Å². The minimum absolute atomic E-state index is 0.174. The van der Waals surface area contributed by atoms with Gasteiger partial charge >= 0.3 is 0 Å². The molecule has 0 saturated carbocycles. The highest BCUT2D eigenvalue weighted by Gasteiger charge is 2.19. The van der Waals surface area contributed by atoms with E-state index >= 15 is 0 Å². The van der Waals surface area contributed by atoms with Crippen molar-refractivity contribution >= 4 is 44.5 Å². The number of nitrogens with zero attached hydrogens (tertiary/aromatic N) is 3. The molecule has 5 aromatic carbocycles. The van der Waals surface area contributed by atoms with Gasteiger partial charge in [-0.25, -0.2) is 4.98 Å². The number of phenols is 2. The van der Waals surface area contributed by atoms with Gasteiger partial charge in [-0.1, -0.05) is 72.8 Å². The van der Waals surface area contributed by atoms with Crippen LogP contribution < -0.4 is 0 Å². The minimum Gasteiger partial charge on any atom is -0.507 e. The number of pyridine rings is 1. The molecule has 186 valence electrons. The largest absolute Gasteiger partial charge is 0.507 e. The molecule has 5 heteroatoms. The summed E-state index contributed by atoms with van der Waals surface area (Å²) in [7, 11) is 0. The van der Waals surface area contributed by atoms with Crippen LogP contribution in [0.25, 0.3) is 49.5 Å². The number of aromatic nitrogens is 2. The normalized spacial score (nSPS) is 11.7. The van der Waals surface area contributed by atoms with Gasteiger partial charge in [-0.05, 0) is 53.9 Å². The van der Waals surface area contributed by atoms with Gasteiger partial charge in [-0.2, -0.15) is 0 Å². The van der Waals surface area contributed by atoms with E-state index < -0.39 is 0 Å². The smallest absolute Gasteiger partial charge is 0.149 e. The second kappa shape index (κ2) is 9.15. The van der Waals surface area contributed by atoms with Gasteiger partial charge in [0.2, 0.25) is 0 Å². The van der Waals surface area contributed by atoms with Crippen molar-refractivity contribution in [3.63, 3.8) is 0 Å². The number of hydrogen-bond donors (Lipinski definition) is 2. The molecule has 0 amide bonds. The molecule has 0 aliphatic carbocycles. The van der Waals surface area contributed by atoms with Crippen LogP contribution in [0, 0.1) is 0 Å². The summed E-state index contributed by atoms with van der Waals surface area (Å²) < 4.78 is 2.10. The molecule has 39 heavy (non-hydrogen) atoms. The third-order valence-electron chi connectivity index (χ3n) is 7.07. The van der Waals surface area contributed by atoms with E-state index in [0.717, 1.165) is 32.9 Å². The summed E-state index contributed by atoms with van der Waals surface area (Å²) in [5.41, 5.74) is 5.33. The fraction of sp³-hybridized carbons (Fsp3) is 0. The molecule has 2 aromatic heterocycles. The Balaban J connectivity index is 1.36. The van der Waals surface area contributed by atoms with Gasteiger partial charge in [0.1, 0.15) is 11.5 Å². The summed E-state index contributed by atoms with van der Waals surface area (Å²) in [4.78, 5) is 9.44. The molecular formula is C34H23N3O2. The van der Waals surface area contributed by atoms with Gasteiger partial charge in [0.25, 0.3) is 0 Å². The van der Waals surface area contributed by atoms with E-state index in [-0.39, 0.29) is 11.5 Å². The van der Waals surface area contributed by atoms with Crippen LogP contribution in [0.4, 0.5) is 5.69 Å². The van der Waals surface area contributed by atoms with Crippen molar-refractivity contribution in [2.75, 3.05) is 0 Å².